The van der Waals surface area contributed by atoms with Crippen molar-refractivity contribution in [3.63, 3.8) is 0 Å². The van der Waals surface area contributed by atoms with Gasteiger partial charge in [-0.05, 0) is 36.3 Å². The highest BCUT2D eigenvalue weighted by molar-refractivity contribution is 5.89. The Kier molecular flexibility index (Phi) is 3.59. The third kappa shape index (κ3) is 2.58. The van der Waals surface area contributed by atoms with Crippen molar-refractivity contribution in [3.8, 4) is 0 Å². The molecule has 4 rings (SSSR count). The van der Waals surface area contributed by atoms with Crippen molar-refractivity contribution in [3.05, 3.63) is 36.0 Å². The molecule has 2 aromatic rings. The number of rotatable bonds is 5. The minimum absolute atomic E-state index is 0.0184. The summed E-state index contributed by atoms with van der Waals surface area (Å²) in [6, 6.07) is 6.92. The van der Waals surface area contributed by atoms with Crippen molar-refractivity contribution in [1.29, 1.82) is 0 Å². The standard InChI is InChI=1S/C19H22N2O3/c22-17(14-10-19(14)7-3-4-8-19)21-16(18(23)24)9-12-11-20-15-6-2-1-5-13(12)15/h1-2,5-6,11,14,16,20H,3-4,7-10H2,(H,21,22)(H,23,24). The molecule has 2 aliphatic rings. The molecule has 1 amide bonds. The molecule has 2 fully saturated rings. The van der Waals surface area contributed by atoms with Crippen molar-refractivity contribution in [2.45, 2.75) is 44.6 Å². The van der Waals surface area contributed by atoms with Gasteiger partial charge in [0.25, 0.3) is 0 Å². The van der Waals surface area contributed by atoms with Crippen LogP contribution in [-0.2, 0) is 16.0 Å². The van der Waals surface area contributed by atoms with Crippen LogP contribution in [0.25, 0.3) is 10.9 Å². The van der Waals surface area contributed by atoms with Crippen molar-refractivity contribution in [2.24, 2.45) is 11.3 Å². The molecule has 0 bridgehead atoms. The number of amides is 1. The lowest BCUT2D eigenvalue weighted by Gasteiger charge is -2.15. The van der Waals surface area contributed by atoms with Gasteiger partial charge < -0.3 is 15.4 Å². The lowest BCUT2D eigenvalue weighted by molar-refractivity contribution is -0.142. The fourth-order valence-corrected chi connectivity index (χ4v) is 4.34. The van der Waals surface area contributed by atoms with Crippen molar-refractivity contribution in [2.75, 3.05) is 0 Å². The van der Waals surface area contributed by atoms with Gasteiger partial charge in [0, 0.05) is 29.4 Å². The van der Waals surface area contributed by atoms with E-state index in [0.29, 0.717) is 6.42 Å². The summed E-state index contributed by atoms with van der Waals surface area (Å²) in [6.07, 6.45) is 7.69. The highest BCUT2D eigenvalue weighted by Gasteiger charge is 2.58. The lowest BCUT2D eigenvalue weighted by Crippen LogP contribution is -2.43. The molecule has 2 saturated carbocycles. The summed E-state index contributed by atoms with van der Waals surface area (Å²) >= 11 is 0. The molecule has 2 aliphatic carbocycles. The normalized spacial score (nSPS) is 22.6. The maximum atomic E-state index is 12.5. The van der Waals surface area contributed by atoms with Crippen LogP contribution in [0.1, 0.15) is 37.7 Å². The Hall–Kier alpha value is -2.30. The number of aromatic amines is 1. The minimum atomic E-state index is -0.977. The van der Waals surface area contributed by atoms with Gasteiger partial charge >= 0.3 is 5.97 Å². The summed E-state index contributed by atoms with van der Waals surface area (Å²) in [7, 11) is 0. The molecular weight excluding hydrogens is 304 g/mol. The van der Waals surface area contributed by atoms with E-state index in [2.05, 4.69) is 10.3 Å². The maximum absolute atomic E-state index is 12.5. The summed E-state index contributed by atoms with van der Waals surface area (Å²) in [5.74, 6) is -1.04. The fraction of sp³-hybridized carbons (Fsp3) is 0.474. The van der Waals surface area contributed by atoms with Crippen LogP contribution in [0.4, 0.5) is 0 Å². The Morgan fingerprint density at radius 2 is 2.04 bits per heavy atom. The number of H-pyrrole nitrogens is 1. The number of benzene rings is 1. The van der Waals surface area contributed by atoms with E-state index >= 15 is 0 Å². The van der Waals surface area contributed by atoms with Crippen LogP contribution in [0.2, 0.25) is 0 Å². The molecule has 5 nitrogen and oxygen atoms in total. The van der Waals surface area contributed by atoms with Crippen LogP contribution in [0, 0.1) is 11.3 Å². The Morgan fingerprint density at radius 3 is 2.79 bits per heavy atom. The molecule has 24 heavy (non-hydrogen) atoms. The van der Waals surface area contributed by atoms with Crippen LogP contribution >= 0.6 is 0 Å². The first-order valence-electron chi connectivity index (χ1n) is 8.67. The molecule has 0 aliphatic heterocycles. The van der Waals surface area contributed by atoms with E-state index in [0.717, 1.165) is 35.7 Å². The topological polar surface area (TPSA) is 82.2 Å². The van der Waals surface area contributed by atoms with E-state index in [4.69, 9.17) is 0 Å². The number of para-hydroxylation sites is 1. The van der Waals surface area contributed by atoms with Crippen LogP contribution < -0.4 is 5.32 Å². The summed E-state index contributed by atoms with van der Waals surface area (Å²) < 4.78 is 0. The zero-order valence-corrected chi connectivity index (χ0v) is 13.5. The predicted octanol–water partition coefficient (Wildman–Crippen LogP) is 2.86. The number of carboxylic acid groups (broad SMARTS) is 1. The van der Waals surface area contributed by atoms with Crippen molar-refractivity contribution >= 4 is 22.8 Å². The molecule has 3 N–H and O–H groups in total. The second-order valence-corrected chi connectivity index (χ2v) is 7.29. The molecule has 5 heteroatoms. The maximum Gasteiger partial charge on any atom is 0.326 e. The second-order valence-electron chi connectivity index (χ2n) is 7.29. The number of hydrogen-bond donors (Lipinski definition) is 3. The zero-order chi connectivity index (χ0) is 16.7. The van der Waals surface area contributed by atoms with Crippen LogP contribution in [0.15, 0.2) is 30.5 Å². The van der Waals surface area contributed by atoms with E-state index in [1.165, 1.54) is 12.8 Å². The molecule has 126 valence electrons. The average Bonchev–Trinajstić information content (AvgIpc) is 2.90. The van der Waals surface area contributed by atoms with E-state index in [1.54, 1.807) is 0 Å². The first kappa shape index (κ1) is 15.2. The monoisotopic (exact) mass is 326 g/mol. The Bertz CT molecular complexity index is 789. The molecule has 1 aromatic heterocycles. The molecule has 0 saturated heterocycles. The van der Waals surface area contributed by atoms with Gasteiger partial charge in [-0.15, -0.1) is 0 Å². The van der Waals surface area contributed by atoms with Crippen LogP contribution in [-0.4, -0.2) is 28.0 Å². The van der Waals surface area contributed by atoms with Gasteiger partial charge in [-0.25, -0.2) is 4.79 Å². The Balaban J connectivity index is 1.47. The van der Waals surface area contributed by atoms with Crippen LogP contribution in [0.5, 0.6) is 0 Å². The number of carboxylic acids is 1. The van der Waals surface area contributed by atoms with Gasteiger partial charge in [0.2, 0.25) is 5.91 Å². The molecule has 1 aromatic carbocycles. The number of fused-ring (bicyclic) bond motifs is 1. The first-order valence-corrected chi connectivity index (χ1v) is 8.67. The summed E-state index contributed by atoms with van der Waals surface area (Å²) in [6.45, 7) is 0. The molecular formula is C19H22N2O3. The van der Waals surface area contributed by atoms with E-state index < -0.39 is 12.0 Å². The molecule has 2 unspecified atom stereocenters. The molecule has 0 radical (unpaired) electrons. The van der Waals surface area contributed by atoms with Crippen LogP contribution in [0.3, 0.4) is 0 Å². The molecule has 1 spiro atoms. The predicted molar refractivity (Wildman–Crippen MR) is 90.6 cm³/mol. The van der Waals surface area contributed by atoms with Gasteiger partial charge in [-0.3, -0.25) is 4.79 Å². The van der Waals surface area contributed by atoms with Gasteiger partial charge in [0.1, 0.15) is 6.04 Å². The molecule has 1 heterocycles. The fourth-order valence-electron chi connectivity index (χ4n) is 4.34. The van der Waals surface area contributed by atoms with Crippen molar-refractivity contribution in [1.82, 2.24) is 10.3 Å². The highest BCUT2D eigenvalue weighted by atomic mass is 16.4. The minimum Gasteiger partial charge on any atom is -0.480 e. The average molecular weight is 326 g/mol. The number of aliphatic carboxylic acids is 1. The highest BCUT2D eigenvalue weighted by Crippen LogP contribution is 2.62. The Labute approximate surface area is 140 Å². The van der Waals surface area contributed by atoms with E-state index in [-0.39, 0.29) is 17.2 Å². The third-order valence-electron chi connectivity index (χ3n) is 5.82. The second kappa shape index (κ2) is 5.65. The zero-order valence-electron chi connectivity index (χ0n) is 13.5. The summed E-state index contributed by atoms with van der Waals surface area (Å²) in [5, 5.41) is 13.3. The number of carbonyl (C=O) groups is 2. The number of nitrogens with one attached hydrogen (secondary N) is 2. The van der Waals surface area contributed by atoms with Gasteiger partial charge in [-0.1, -0.05) is 31.0 Å². The van der Waals surface area contributed by atoms with E-state index in [9.17, 15) is 14.7 Å². The van der Waals surface area contributed by atoms with Gasteiger partial charge in [0.15, 0.2) is 0 Å². The number of aromatic nitrogens is 1. The lowest BCUT2D eigenvalue weighted by atomic mass is 10.0. The summed E-state index contributed by atoms with van der Waals surface area (Å²) in [4.78, 5) is 27.3. The number of hydrogen-bond acceptors (Lipinski definition) is 2. The SMILES string of the molecule is O=C(O)C(Cc1c[nH]c2ccccc12)NC(=O)C1CC12CCCC2. The largest absolute Gasteiger partial charge is 0.480 e. The first-order chi connectivity index (χ1) is 11.6. The van der Waals surface area contributed by atoms with Gasteiger partial charge in [0.05, 0.1) is 0 Å². The van der Waals surface area contributed by atoms with E-state index in [1.807, 2.05) is 30.5 Å². The number of carbonyl (C=O) groups excluding carboxylic acids is 1. The summed E-state index contributed by atoms with van der Waals surface area (Å²) in [5.41, 5.74) is 2.09. The molecule has 2 atom stereocenters. The third-order valence-corrected chi connectivity index (χ3v) is 5.82. The quantitative estimate of drug-likeness (QED) is 0.790. The van der Waals surface area contributed by atoms with Crippen molar-refractivity contribution < 1.29 is 14.7 Å². The van der Waals surface area contributed by atoms with Gasteiger partial charge in [-0.2, -0.15) is 0 Å². The smallest absolute Gasteiger partial charge is 0.326 e. The Morgan fingerprint density at radius 1 is 1.29 bits per heavy atom.